The van der Waals surface area contributed by atoms with E-state index in [0.717, 1.165) is 34.7 Å². The predicted octanol–water partition coefficient (Wildman–Crippen LogP) is 2.01. The molecule has 3 heterocycles. The highest BCUT2D eigenvalue weighted by Crippen LogP contribution is 2.29. The molecule has 0 bridgehead atoms. The van der Waals surface area contributed by atoms with Gasteiger partial charge in [-0.15, -0.1) is 0 Å². The fourth-order valence-electron chi connectivity index (χ4n) is 2.19. The number of rotatable bonds is 1. The standard InChI is InChI=1S/C12H12BrN3O/c13-11-10-5-4-8(17)7-16(10)12(15-11)9-3-1-2-6-14-9/h1-3,6,8,17H,4-5,7H2. The van der Waals surface area contributed by atoms with Gasteiger partial charge in [0.25, 0.3) is 0 Å². The van der Waals surface area contributed by atoms with Crippen LogP contribution in [0.2, 0.25) is 0 Å². The maximum absolute atomic E-state index is 9.75. The van der Waals surface area contributed by atoms with E-state index in [0.29, 0.717) is 6.54 Å². The molecule has 1 aliphatic heterocycles. The van der Waals surface area contributed by atoms with Crippen LogP contribution in [0.3, 0.4) is 0 Å². The number of halogens is 1. The van der Waals surface area contributed by atoms with E-state index in [1.807, 2.05) is 18.2 Å². The third-order valence-electron chi connectivity index (χ3n) is 3.03. The second-order valence-electron chi connectivity index (χ2n) is 4.19. The summed E-state index contributed by atoms with van der Waals surface area (Å²) >= 11 is 3.48. The lowest BCUT2D eigenvalue weighted by atomic mass is 10.1. The SMILES string of the molecule is OC1CCc2c(Br)nc(-c3ccccn3)n2C1. The Morgan fingerprint density at radius 1 is 1.41 bits per heavy atom. The molecule has 2 aromatic heterocycles. The summed E-state index contributed by atoms with van der Waals surface area (Å²) in [5.41, 5.74) is 1.99. The van der Waals surface area contributed by atoms with Crippen LogP contribution in [0.25, 0.3) is 11.5 Å². The number of nitrogens with zero attached hydrogens (tertiary/aromatic N) is 3. The first-order chi connectivity index (χ1) is 8.25. The van der Waals surface area contributed by atoms with Gasteiger partial charge in [-0.1, -0.05) is 6.07 Å². The normalized spacial score (nSPS) is 19.1. The summed E-state index contributed by atoms with van der Waals surface area (Å²) in [6.07, 6.45) is 3.11. The van der Waals surface area contributed by atoms with Crippen LogP contribution in [-0.4, -0.2) is 25.7 Å². The van der Waals surface area contributed by atoms with Gasteiger partial charge < -0.3 is 9.67 Å². The van der Waals surface area contributed by atoms with E-state index in [-0.39, 0.29) is 6.10 Å². The van der Waals surface area contributed by atoms with Crippen molar-refractivity contribution in [1.82, 2.24) is 14.5 Å². The van der Waals surface area contributed by atoms with Crippen molar-refractivity contribution in [3.63, 3.8) is 0 Å². The van der Waals surface area contributed by atoms with Crippen LogP contribution in [0.15, 0.2) is 29.0 Å². The highest BCUT2D eigenvalue weighted by Gasteiger charge is 2.24. The number of hydrogen-bond acceptors (Lipinski definition) is 3. The zero-order valence-corrected chi connectivity index (χ0v) is 10.8. The molecule has 17 heavy (non-hydrogen) atoms. The van der Waals surface area contributed by atoms with Gasteiger partial charge in [-0.3, -0.25) is 4.98 Å². The zero-order valence-electron chi connectivity index (χ0n) is 9.17. The molecule has 0 aromatic carbocycles. The van der Waals surface area contributed by atoms with Gasteiger partial charge in [-0.25, -0.2) is 4.98 Å². The van der Waals surface area contributed by atoms with Gasteiger partial charge in [-0.05, 0) is 40.9 Å². The molecule has 1 unspecified atom stereocenters. The smallest absolute Gasteiger partial charge is 0.160 e. The highest BCUT2D eigenvalue weighted by atomic mass is 79.9. The Morgan fingerprint density at radius 3 is 3.06 bits per heavy atom. The number of fused-ring (bicyclic) bond motifs is 1. The second kappa shape index (κ2) is 4.23. The summed E-state index contributed by atoms with van der Waals surface area (Å²) in [4.78, 5) is 8.81. The monoisotopic (exact) mass is 293 g/mol. The lowest BCUT2D eigenvalue weighted by Crippen LogP contribution is -2.24. The maximum Gasteiger partial charge on any atom is 0.160 e. The molecule has 5 heteroatoms. The van der Waals surface area contributed by atoms with Crippen molar-refractivity contribution in [2.45, 2.75) is 25.5 Å². The Bertz CT molecular complexity index is 538. The van der Waals surface area contributed by atoms with Crippen molar-refractivity contribution in [2.24, 2.45) is 0 Å². The molecule has 0 spiro atoms. The van der Waals surface area contributed by atoms with Gasteiger partial charge in [0.2, 0.25) is 0 Å². The quantitative estimate of drug-likeness (QED) is 0.875. The molecule has 0 aliphatic carbocycles. The maximum atomic E-state index is 9.75. The van der Waals surface area contributed by atoms with Crippen LogP contribution in [-0.2, 0) is 13.0 Å². The van der Waals surface area contributed by atoms with E-state index in [2.05, 4.69) is 30.5 Å². The summed E-state index contributed by atoms with van der Waals surface area (Å²) in [6, 6.07) is 5.76. The average Bonchev–Trinajstić information content (AvgIpc) is 2.67. The predicted molar refractivity (Wildman–Crippen MR) is 67.5 cm³/mol. The van der Waals surface area contributed by atoms with Gasteiger partial charge in [0.1, 0.15) is 10.3 Å². The number of hydrogen-bond donors (Lipinski definition) is 1. The van der Waals surface area contributed by atoms with Crippen LogP contribution < -0.4 is 0 Å². The minimum absolute atomic E-state index is 0.286. The van der Waals surface area contributed by atoms with Crippen LogP contribution in [0, 0.1) is 0 Å². The van der Waals surface area contributed by atoms with Crippen molar-refractivity contribution in [3.05, 3.63) is 34.7 Å². The second-order valence-corrected chi connectivity index (χ2v) is 4.94. The van der Waals surface area contributed by atoms with Gasteiger partial charge in [0.05, 0.1) is 18.3 Å². The van der Waals surface area contributed by atoms with Crippen LogP contribution in [0.4, 0.5) is 0 Å². The summed E-state index contributed by atoms with van der Waals surface area (Å²) in [7, 11) is 0. The fourth-order valence-corrected chi connectivity index (χ4v) is 2.77. The van der Waals surface area contributed by atoms with Crippen molar-refractivity contribution in [1.29, 1.82) is 0 Å². The zero-order chi connectivity index (χ0) is 11.8. The molecule has 0 amide bonds. The Labute approximate surface area is 107 Å². The van der Waals surface area contributed by atoms with E-state index in [1.165, 1.54) is 0 Å². The summed E-state index contributed by atoms with van der Waals surface area (Å²) in [5, 5.41) is 9.75. The van der Waals surface area contributed by atoms with Crippen molar-refractivity contribution in [2.75, 3.05) is 0 Å². The largest absolute Gasteiger partial charge is 0.391 e. The Hall–Kier alpha value is -1.20. The number of imidazole rings is 1. The highest BCUT2D eigenvalue weighted by molar-refractivity contribution is 9.10. The molecule has 1 atom stereocenters. The van der Waals surface area contributed by atoms with Gasteiger partial charge in [0.15, 0.2) is 5.82 Å². The Morgan fingerprint density at radius 2 is 2.29 bits per heavy atom. The lowest BCUT2D eigenvalue weighted by molar-refractivity contribution is 0.132. The van der Waals surface area contributed by atoms with Crippen molar-refractivity contribution < 1.29 is 5.11 Å². The van der Waals surface area contributed by atoms with Crippen molar-refractivity contribution in [3.8, 4) is 11.5 Å². The number of pyridine rings is 1. The minimum Gasteiger partial charge on any atom is -0.391 e. The minimum atomic E-state index is -0.286. The number of aliphatic hydroxyl groups is 1. The molecule has 88 valence electrons. The first-order valence-electron chi connectivity index (χ1n) is 5.60. The van der Waals surface area contributed by atoms with Crippen molar-refractivity contribution >= 4 is 15.9 Å². The van der Waals surface area contributed by atoms with Crippen LogP contribution in [0.5, 0.6) is 0 Å². The molecule has 0 saturated carbocycles. The van der Waals surface area contributed by atoms with Gasteiger partial charge in [-0.2, -0.15) is 0 Å². The molecule has 1 aliphatic rings. The number of aliphatic hydroxyl groups excluding tert-OH is 1. The summed E-state index contributed by atoms with van der Waals surface area (Å²) in [6.45, 7) is 0.597. The van der Waals surface area contributed by atoms with Crippen LogP contribution >= 0.6 is 15.9 Å². The summed E-state index contributed by atoms with van der Waals surface area (Å²) in [5.74, 6) is 0.825. The lowest BCUT2D eigenvalue weighted by Gasteiger charge is -2.21. The van der Waals surface area contributed by atoms with Gasteiger partial charge >= 0.3 is 0 Å². The molecule has 2 aromatic rings. The molecule has 3 rings (SSSR count). The average molecular weight is 294 g/mol. The molecule has 0 fully saturated rings. The molecule has 1 N–H and O–H groups in total. The third kappa shape index (κ3) is 1.89. The topological polar surface area (TPSA) is 50.9 Å². The molecular weight excluding hydrogens is 282 g/mol. The Balaban J connectivity index is 2.13. The molecule has 0 saturated heterocycles. The summed E-state index contributed by atoms with van der Waals surface area (Å²) < 4.78 is 2.92. The fraction of sp³-hybridized carbons (Fsp3) is 0.333. The molecular formula is C12H12BrN3O. The van der Waals surface area contributed by atoms with E-state index in [1.54, 1.807) is 6.20 Å². The van der Waals surface area contributed by atoms with Gasteiger partial charge in [0, 0.05) is 6.20 Å². The molecule has 0 radical (unpaired) electrons. The van der Waals surface area contributed by atoms with Crippen LogP contribution in [0.1, 0.15) is 12.1 Å². The first-order valence-corrected chi connectivity index (χ1v) is 6.39. The van der Waals surface area contributed by atoms with E-state index < -0.39 is 0 Å². The third-order valence-corrected chi connectivity index (χ3v) is 3.66. The van der Waals surface area contributed by atoms with E-state index in [9.17, 15) is 5.11 Å². The molecule has 4 nitrogen and oxygen atoms in total. The number of aromatic nitrogens is 3. The van der Waals surface area contributed by atoms with E-state index in [4.69, 9.17) is 0 Å². The first kappa shape index (κ1) is 10.9. The van der Waals surface area contributed by atoms with E-state index >= 15 is 0 Å². The Kier molecular flexibility index (Phi) is 2.72.